The van der Waals surface area contributed by atoms with E-state index in [2.05, 4.69) is 10.3 Å². The van der Waals surface area contributed by atoms with E-state index in [1.807, 2.05) is 13.8 Å². The number of hydrogen-bond donors (Lipinski definition) is 3. The van der Waals surface area contributed by atoms with Crippen molar-refractivity contribution in [3.8, 4) is 0 Å². The quantitative estimate of drug-likeness (QED) is 0.789. The Hall–Kier alpha value is -2.21. The molecule has 0 saturated carbocycles. The van der Waals surface area contributed by atoms with E-state index < -0.39 is 23.2 Å². The Morgan fingerprint density at radius 1 is 1.39 bits per heavy atom. The molecule has 0 fully saturated rings. The van der Waals surface area contributed by atoms with Crippen molar-refractivity contribution < 1.29 is 14.3 Å². The Bertz CT molecular complexity index is 783. The van der Waals surface area contributed by atoms with Gasteiger partial charge in [-0.25, -0.2) is 4.39 Å². The molecule has 5 nitrogen and oxygen atoms in total. The van der Waals surface area contributed by atoms with Crippen LogP contribution in [0.2, 0.25) is 0 Å². The number of pyridine rings is 1. The van der Waals surface area contributed by atoms with Gasteiger partial charge in [0.25, 0.3) is 5.91 Å². The van der Waals surface area contributed by atoms with Crippen LogP contribution in [0.5, 0.6) is 0 Å². The molecule has 0 bridgehead atoms. The fraction of sp³-hybridized carbons (Fsp3) is 0.412. The number of amides is 1. The first kappa shape index (κ1) is 17.1. The third kappa shape index (κ3) is 3.76. The summed E-state index contributed by atoms with van der Waals surface area (Å²) >= 11 is 0. The van der Waals surface area contributed by atoms with E-state index in [-0.39, 0.29) is 17.6 Å². The lowest BCUT2D eigenvalue weighted by atomic mass is 10.0. The summed E-state index contributed by atoms with van der Waals surface area (Å²) in [5.74, 6) is -0.806. The van der Waals surface area contributed by atoms with Crippen molar-refractivity contribution in [1.82, 2.24) is 10.3 Å². The van der Waals surface area contributed by atoms with Gasteiger partial charge >= 0.3 is 0 Å². The number of rotatable bonds is 5. The zero-order chi connectivity index (χ0) is 17.1. The molecule has 2 aromatic rings. The number of carbonyl (C=O) groups is 1. The maximum atomic E-state index is 13.5. The van der Waals surface area contributed by atoms with Crippen LogP contribution in [-0.2, 0) is 0 Å². The molecule has 0 aliphatic heterocycles. The standard InChI is InChI=1S/C17H21FN2O3/c1-9(2)4-12(8-21)20-17(23)14-7-19-15-10(3)5-11(18)6-13(15)16(14)22/h5-7,9,12,21H,4,8H2,1-3H3,(H,19,22)(H,20,23)/t12-/m1/s1. The molecule has 1 amide bonds. The molecule has 1 heterocycles. The van der Waals surface area contributed by atoms with Gasteiger partial charge in [-0.05, 0) is 37.0 Å². The summed E-state index contributed by atoms with van der Waals surface area (Å²) in [6.45, 7) is 5.43. The zero-order valence-electron chi connectivity index (χ0n) is 13.4. The largest absolute Gasteiger partial charge is 0.394 e. The molecular weight excluding hydrogens is 299 g/mol. The smallest absolute Gasteiger partial charge is 0.257 e. The monoisotopic (exact) mass is 320 g/mol. The molecule has 0 unspecified atom stereocenters. The highest BCUT2D eigenvalue weighted by Gasteiger charge is 2.18. The van der Waals surface area contributed by atoms with Crippen LogP contribution >= 0.6 is 0 Å². The normalized spacial score (nSPS) is 12.6. The van der Waals surface area contributed by atoms with Gasteiger partial charge < -0.3 is 15.4 Å². The lowest BCUT2D eigenvalue weighted by molar-refractivity contribution is 0.0907. The summed E-state index contributed by atoms with van der Waals surface area (Å²) in [6, 6.07) is 2.02. The maximum absolute atomic E-state index is 13.5. The first-order chi connectivity index (χ1) is 10.8. The van der Waals surface area contributed by atoms with Crippen LogP contribution in [0.15, 0.2) is 23.1 Å². The van der Waals surface area contributed by atoms with Crippen molar-refractivity contribution in [3.63, 3.8) is 0 Å². The van der Waals surface area contributed by atoms with Crippen LogP contribution in [0.3, 0.4) is 0 Å². The average Bonchev–Trinajstić information content (AvgIpc) is 2.47. The molecule has 0 aliphatic carbocycles. The number of hydrogen-bond acceptors (Lipinski definition) is 3. The molecule has 0 saturated heterocycles. The number of aromatic nitrogens is 1. The van der Waals surface area contributed by atoms with Crippen molar-refractivity contribution in [2.75, 3.05) is 6.61 Å². The average molecular weight is 320 g/mol. The zero-order valence-corrected chi connectivity index (χ0v) is 13.4. The molecule has 0 radical (unpaired) electrons. The SMILES string of the molecule is Cc1cc(F)cc2c(=O)c(C(=O)N[C@@H](CO)CC(C)C)c[nH]c12. The van der Waals surface area contributed by atoms with E-state index in [1.165, 1.54) is 12.3 Å². The van der Waals surface area contributed by atoms with Gasteiger partial charge in [0, 0.05) is 11.6 Å². The minimum atomic E-state index is -0.574. The van der Waals surface area contributed by atoms with E-state index >= 15 is 0 Å². The van der Waals surface area contributed by atoms with Crippen molar-refractivity contribution in [2.45, 2.75) is 33.2 Å². The number of benzene rings is 1. The van der Waals surface area contributed by atoms with Gasteiger partial charge in [-0.3, -0.25) is 9.59 Å². The number of nitrogens with one attached hydrogen (secondary N) is 2. The van der Waals surface area contributed by atoms with Gasteiger partial charge in [0.05, 0.1) is 18.2 Å². The lowest BCUT2D eigenvalue weighted by Gasteiger charge is -2.18. The number of carbonyl (C=O) groups excluding carboxylic acids is 1. The highest BCUT2D eigenvalue weighted by atomic mass is 19.1. The lowest BCUT2D eigenvalue weighted by Crippen LogP contribution is -2.40. The van der Waals surface area contributed by atoms with Crippen LogP contribution < -0.4 is 10.7 Å². The minimum Gasteiger partial charge on any atom is -0.394 e. The molecule has 1 aromatic carbocycles. The fourth-order valence-electron chi connectivity index (χ4n) is 2.65. The summed E-state index contributed by atoms with van der Waals surface area (Å²) in [6.07, 6.45) is 1.93. The summed E-state index contributed by atoms with van der Waals surface area (Å²) in [7, 11) is 0. The van der Waals surface area contributed by atoms with E-state index in [1.54, 1.807) is 6.92 Å². The number of halogens is 1. The predicted octanol–water partition coefficient (Wildman–Crippen LogP) is 2.11. The van der Waals surface area contributed by atoms with E-state index in [0.29, 0.717) is 23.4 Å². The number of aliphatic hydroxyl groups excluding tert-OH is 1. The molecule has 124 valence electrons. The van der Waals surface area contributed by atoms with Gasteiger partial charge in [0.15, 0.2) is 0 Å². The first-order valence-corrected chi connectivity index (χ1v) is 7.56. The van der Waals surface area contributed by atoms with Gasteiger partial charge in [-0.15, -0.1) is 0 Å². The van der Waals surface area contributed by atoms with Gasteiger partial charge in [0.1, 0.15) is 11.4 Å². The van der Waals surface area contributed by atoms with Crippen LogP contribution in [0.25, 0.3) is 10.9 Å². The molecule has 0 aliphatic rings. The number of fused-ring (bicyclic) bond motifs is 1. The summed E-state index contributed by atoms with van der Waals surface area (Å²) < 4.78 is 13.5. The van der Waals surface area contributed by atoms with Crippen LogP contribution in [0.1, 0.15) is 36.2 Å². The Morgan fingerprint density at radius 3 is 2.70 bits per heavy atom. The Morgan fingerprint density at radius 2 is 2.09 bits per heavy atom. The topological polar surface area (TPSA) is 82.2 Å². The Labute approximate surface area is 133 Å². The van der Waals surface area contributed by atoms with Gasteiger partial charge in [0.2, 0.25) is 5.43 Å². The number of aromatic amines is 1. The number of aliphatic hydroxyl groups is 1. The second-order valence-corrected chi connectivity index (χ2v) is 6.16. The molecule has 3 N–H and O–H groups in total. The first-order valence-electron chi connectivity index (χ1n) is 7.56. The summed E-state index contributed by atoms with van der Waals surface area (Å²) in [5, 5.41) is 12.1. The molecular formula is C17H21FN2O3. The van der Waals surface area contributed by atoms with Crippen LogP contribution in [0, 0.1) is 18.7 Å². The van der Waals surface area contributed by atoms with Crippen LogP contribution in [0.4, 0.5) is 4.39 Å². The fourth-order valence-corrected chi connectivity index (χ4v) is 2.65. The van der Waals surface area contributed by atoms with Crippen molar-refractivity contribution in [2.24, 2.45) is 5.92 Å². The molecule has 0 spiro atoms. The Kier molecular flexibility index (Phi) is 5.15. The second kappa shape index (κ2) is 6.91. The summed E-state index contributed by atoms with van der Waals surface area (Å²) in [5.41, 5.74) is 0.482. The van der Waals surface area contributed by atoms with Crippen molar-refractivity contribution >= 4 is 16.8 Å². The van der Waals surface area contributed by atoms with E-state index in [4.69, 9.17) is 0 Å². The molecule has 2 rings (SSSR count). The van der Waals surface area contributed by atoms with Crippen molar-refractivity contribution in [3.05, 3.63) is 45.5 Å². The van der Waals surface area contributed by atoms with Gasteiger partial charge in [-0.2, -0.15) is 0 Å². The highest BCUT2D eigenvalue weighted by Crippen LogP contribution is 2.15. The van der Waals surface area contributed by atoms with E-state index in [9.17, 15) is 19.1 Å². The number of H-pyrrole nitrogens is 1. The van der Waals surface area contributed by atoms with Crippen LogP contribution in [-0.4, -0.2) is 28.6 Å². The maximum Gasteiger partial charge on any atom is 0.257 e. The van der Waals surface area contributed by atoms with Crippen molar-refractivity contribution in [1.29, 1.82) is 0 Å². The molecule has 23 heavy (non-hydrogen) atoms. The molecule has 6 heteroatoms. The van der Waals surface area contributed by atoms with Gasteiger partial charge in [-0.1, -0.05) is 13.8 Å². The third-order valence-corrected chi connectivity index (χ3v) is 3.71. The third-order valence-electron chi connectivity index (χ3n) is 3.71. The minimum absolute atomic E-state index is 0.0929. The summed E-state index contributed by atoms with van der Waals surface area (Å²) in [4.78, 5) is 27.6. The highest BCUT2D eigenvalue weighted by molar-refractivity contribution is 5.97. The number of aryl methyl sites for hydroxylation is 1. The molecule has 1 atom stereocenters. The second-order valence-electron chi connectivity index (χ2n) is 6.16. The van der Waals surface area contributed by atoms with E-state index in [0.717, 1.165) is 6.07 Å². The predicted molar refractivity (Wildman–Crippen MR) is 87.1 cm³/mol. The Balaban J connectivity index is 2.38. The molecule has 1 aromatic heterocycles.